The van der Waals surface area contributed by atoms with Gasteiger partial charge < -0.3 is 5.32 Å². The van der Waals surface area contributed by atoms with Gasteiger partial charge in [-0.1, -0.05) is 6.92 Å². The summed E-state index contributed by atoms with van der Waals surface area (Å²) < 4.78 is 25.0. The summed E-state index contributed by atoms with van der Waals surface area (Å²) in [7, 11) is -0.299. The van der Waals surface area contributed by atoms with Crippen molar-refractivity contribution in [3.63, 3.8) is 0 Å². The van der Waals surface area contributed by atoms with Gasteiger partial charge in [0.25, 0.3) is 0 Å². The number of hydrogen-bond donors (Lipinski definition) is 1. The third kappa shape index (κ3) is 4.67. The minimum atomic E-state index is -3.35. The second kappa shape index (κ2) is 7.12. The van der Waals surface area contributed by atoms with Gasteiger partial charge >= 0.3 is 0 Å². The van der Waals surface area contributed by atoms with E-state index in [9.17, 15) is 8.42 Å². The van der Waals surface area contributed by atoms with E-state index < -0.39 is 10.0 Å². The molecule has 0 amide bonds. The van der Waals surface area contributed by atoms with E-state index in [2.05, 4.69) is 12.2 Å². The highest BCUT2D eigenvalue weighted by molar-refractivity contribution is 7.89. The van der Waals surface area contributed by atoms with Crippen LogP contribution in [0.3, 0.4) is 0 Å². The highest BCUT2D eigenvalue weighted by atomic mass is 35.5. The van der Waals surface area contributed by atoms with Gasteiger partial charge in [-0.25, -0.2) is 12.7 Å². The predicted molar refractivity (Wildman–Crippen MR) is 80.3 cm³/mol. The Morgan fingerprint density at radius 3 is 2.32 bits per heavy atom. The lowest BCUT2D eigenvalue weighted by atomic mass is 10.1. The fourth-order valence-electron chi connectivity index (χ4n) is 1.54. The molecule has 1 atom stereocenters. The van der Waals surface area contributed by atoms with Crippen molar-refractivity contribution in [1.29, 1.82) is 0 Å². The first-order chi connectivity index (χ1) is 8.87. The van der Waals surface area contributed by atoms with Gasteiger partial charge in [0, 0.05) is 32.2 Å². The van der Waals surface area contributed by atoms with E-state index in [-0.39, 0.29) is 0 Å². The van der Waals surface area contributed by atoms with Gasteiger partial charge in [0.15, 0.2) is 0 Å². The Morgan fingerprint density at radius 2 is 1.84 bits per heavy atom. The van der Waals surface area contributed by atoms with Gasteiger partial charge in [0.05, 0.1) is 4.90 Å². The molecule has 0 fully saturated rings. The number of hydrogen-bond acceptors (Lipinski definition) is 3. The number of rotatable bonds is 7. The largest absolute Gasteiger partial charge is 0.385 e. The standard InChI is InChI=1S/C13H21ClN2O2S/c1-11(8-9-14)10-15-12-4-6-13(7-5-12)19(17,18)16(2)3/h4-7,11,15H,8-10H2,1-3H3. The molecule has 1 aromatic carbocycles. The summed E-state index contributed by atoms with van der Waals surface area (Å²) >= 11 is 5.68. The first-order valence-corrected chi connectivity index (χ1v) is 8.18. The smallest absolute Gasteiger partial charge is 0.242 e. The Hall–Kier alpha value is -0.780. The minimum Gasteiger partial charge on any atom is -0.385 e. The average molecular weight is 305 g/mol. The van der Waals surface area contributed by atoms with Crippen LogP contribution in [0.1, 0.15) is 13.3 Å². The maximum Gasteiger partial charge on any atom is 0.242 e. The van der Waals surface area contributed by atoms with Crippen LogP contribution >= 0.6 is 11.6 Å². The summed E-state index contributed by atoms with van der Waals surface area (Å²) in [6.07, 6.45) is 0.960. The van der Waals surface area contributed by atoms with Crippen LogP contribution in [0.25, 0.3) is 0 Å². The molecule has 0 bridgehead atoms. The Morgan fingerprint density at radius 1 is 1.26 bits per heavy atom. The van der Waals surface area contributed by atoms with Crippen molar-refractivity contribution in [2.75, 3.05) is 31.8 Å². The van der Waals surface area contributed by atoms with Crippen molar-refractivity contribution in [2.45, 2.75) is 18.2 Å². The number of nitrogens with zero attached hydrogens (tertiary/aromatic N) is 1. The SMILES string of the molecule is CC(CCCl)CNc1ccc(S(=O)(=O)N(C)C)cc1. The molecule has 19 heavy (non-hydrogen) atoms. The van der Waals surface area contributed by atoms with E-state index in [1.54, 1.807) is 24.3 Å². The minimum absolute atomic E-state index is 0.303. The van der Waals surface area contributed by atoms with Crippen molar-refractivity contribution < 1.29 is 8.42 Å². The molecule has 0 saturated heterocycles. The predicted octanol–water partition coefficient (Wildman–Crippen LogP) is 2.61. The van der Waals surface area contributed by atoms with Gasteiger partial charge in [0.2, 0.25) is 10.0 Å². The average Bonchev–Trinajstić information content (AvgIpc) is 2.37. The van der Waals surface area contributed by atoms with Gasteiger partial charge in [-0.2, -0.15) is 0 Å². The van der Waals surface area contributed by atoms with Crippen LogP contribution in [0.2, 0.25) is 0 Å². The van der Waals surface area contributed by atoms with Crippen LogP contribution in [-0.4, -0.2) is 39.2 Å². The van der Waals surface area contributed by atoms with Gasteiger partial charge in [0.1, 0.15) is 0 Å². The zero-order chi connectivity index (χ0) is 14.5. The number of alkyl halides is 1. The topological polar surface area (TPSA) is 49.4 Å². The number of sulfonamides is 1. The second-order valence-corrected chi connectivity index (χ2v) is 7.31. The fourth-order valence-corrected chi connectivity index (χ4v) is 2.81. The van der Waals surface area contributed by atoms with Gasteiger partial charge in [-0.15, -0.1) is 11.6 Å². The molecule has 0 heterocycles. The number of anilines is 1. The third-order valence-corrected chi connectivity index (χ3v) is 4.94. The van der Waals surface area contributed by atoms with Crippen LogP contribution in [0.15, 0.2) is 29.2 Å². The molecular weight excluding hydrogens is 284 g/mol. The van der Waals surface area contributed by atoms with Crippen LogP contribution in [-0.2, 0) is 10.0 Å². The molecule has 1 unspecified atom stereocenters. The van der Waals surface area contributed by atoms with E-state index in [0.29, 0.717) is 16.7 Å². The van der Waals surface area contributed by atoms with Gasteiger partial charge in [-0.05, 0) is 36.6 Å². The molecule has 6 heteroatoms. The molecule has 0 aliphatic carbocycles. The third-order valence-electron chi connectivity index (χ3n) is 2.89. The lowest BCUT2D eigenvalue weighted by Gasteiger charge is -2.14. The van der Waals surface area contributed by atoms with Crippen LogP contribution in [0, 0.1) is 5.92 Å². The highest BCUT2D eigenvalue weighted by Gasteiger charge is 2.16. The summed E-state index contributed by atoms with van der Waals surface area (Å²) in [5.74, 6) is 1.14. The Labute approximate surface area is 120 Å². The summed E-state index contributed by atoms with van der Waals surface area (Å²) in [5.41, 5.74) is 0.916. The molecule has 0 aliphatic heterocycles. The van der Waals surface area contributed by atoms with Crippen LogP contribution < -0.4 is 5.32 Å². The molecule has 0 saturated carbocycles. The first kappa shape index (κ1) is 16.3. The first-order valence-electron chi connectivity index (χ1n) is 6.20. The molecule has 1 rings (SSSR count). The molecule has 108 valence electrons. The van der Waals surface area contributed by atoms with E-state index in [1.165, 1.54) is 18.4 Å². The zero-order valence-corrected chi connectivity index (χ0v) is 13.1. The van der Waals surface area contributed by atoms with E-state index in [0.717, 1.165) is 18.7 Å². The lowest BCUT2D eigenvalue weighted by molar-refractivity contribution is 0.521. The number of benzene rings is 1. The molecule has 4 nitrogen and oxygen atoms in total. The van der Waals surface area contributed by atoms with E-state index in [1.807, 2.05) is 0 Å². The van der Waals surface area contributed by atoms with Crippen LogP contribution in [0.5, 0.6) is 0 Å². The van der Waals surface area contributed by atoms with Gasteiger partial charge in [-0.3, -0.25) is 0 Å². The maximum atomic E-state index is 11.9. The molecule has 0 radical (unpaired) electrons. The maximum absolute atomic E-state index is 11.9. The fraction of sp³-hybridized carbons (Fsp3) is 0.538. The summed E-state index contributed by atoms with van der Waals surface area (Å²) in [5, 5.41) is 3.27. The molecule has 0 aromatic heterocycles. The van der Waals surface area contributed by atoms with Crippen molar-refractivity contribution in [1.82, 2.24) is 4.31 Å². The molecule has 1 aromatic rings. The van der Waals surface area contributed by atoms with Crippen molar-refractivity contribution in [3.05, 3.63) is 24.3 Å². The van der Waals surface area contributed by atoms with E-state index >= 15 is 0 Å². The molecule has 0 aliphatic rings. The molecule has 1 N–H and O–H groups in total. The summed E-state index contributed by atoms with van der Waals surface area (Å²) in [6, 6.07) is 6.79. The Kier molecular flexibility index (Phi) is 6.10. The Bertz CT molecular complexity index is 486. The highest BCUT2D eigenvalue weighted by Crippen LogP contribution is 2.17. The van der Waals surface area contributed by atoms with E-state index in [4.69, 9.17) is 11.6 Å². The quantitative estimate of drug-likeness (QED) is 0.788. The molecular formula is C13H21ClN2O2S. The van der Waals surface area contributed by atoms with Crippen molar-refractivity contribution >= 4 is 27.3 Å². The van der Waals surface area contributed by atoms with Crippen LogP contribution in [0.4, 0.5) is 5.69 Å². The number of halogens is 1. The monoisotopic (exact) mass is 304 g/mol. The normalized spacial score (nSPS) is 13.5. The Balaban J connectivity index is 2.67. The number of nitrogens with one attached hydrogen (secondary N) is 1. The van der Waals surface area contributed by atoms with Crippen molar-refractivity contribution in [3.8, 4) is 0 Å². The van der Waals surface area contributed by atoms with Crippen molar-refractivity contribution in [2.24, 2.45) is 5.92 Å². The summed E-state index contributed by atoms with van der Waals surface area (Å²) in [4.78, 5) is 0.303. The molecule has 0 spiro atoms. The lowest BCUT2D eigenvalue weighted by Crippen LogP contribution is -2.22. The zero-order valence-electron chi connectivity index (χ0n) is 11.6. The second-order valence-electron chi connectivity index (χ2n) is 4.78. The summed E-state index contributed by atoms with van der Waals surface area (Å²) in [6.45, 7) is 2.95.